The molecule has 0 radical (unpaired) electrons. The smallest absolute Gasteiger partial charge is 0.303 e. The number of carbonyl (C=O) groups is 1. The Morgan fingerprint density at radius 3 is 1.87 bits per heavy atom. The van der Waals surface area contributed by atoms with Gasteiger partial charge >= 0.3 is 5.97 Å². The predicted octanol–water partition coefficient (Wildman–Crippen LogP) is 3.47. The van der Waals surface area contributed by atoms with Crippen LogP contribution < -0.4 is 0 Å². The van der Waals surface area contributed by atoms with Gasteiger partial charge in [0.25, 0.3) is 0 Å². The van der Waals surface area contributed by atoms with Gasteiger partial charge in [-0.2, -0.15) is 0 Å². The maximum absolute atomic E-state index is 10.0. The minimum absolute atomic E-state index is 0.337. The molecule has 0 aromatic carbocycles. The molecule has 0 saturated heterocycles. The first kappa shape index (κ1) is 16.8. The Morgan fingerprint density at radius 1 is 1.00 bits per heavy atom. The highest BCUT2D eigenvalue weighted by Gasteiger charge is 1.94. The average Bonchev–Trinajstić information content (AvgIpc) is 2.19. The molecule has 0 fully saturated rings. The summed E-state index contributed by atoms with van der Waals surface area (Å²) in [5, 5.41) is 8.27. The summed E-state index contributed by atoms with van der Waals surface area (Å²) in [4.78, 5) is 10.0. The highest BCUT2D eigenvalue weighted by molar-refractivity contribution is 5.66. The number of ether oxygens (including phenoxy) is 1. The molecule has 0 saturated carbocycles. The Bertz CT molecular complexity index is 122. The summed E-state index contributed by atoms with van der Waals surface area (Å²) >= 11 is 0. The van der Waals surface area contributed by atoms with Gasteiger partial charge in [-0.3, -0.25) is 4.79 Å². The third kappa shape index (κ3) is 24.7. The van der Waals surface area contributed by atoms with Crippen LogP contribution in [0.25, 0.3) is 0 Å². The lowest BCUT2D eigenvalue weighted by atomic mass is 10.1. The van der Waals surface area contributed by atoms with Crippen LogP contribution in [0.3, 0.4) is 0 Å². The van der Waals surface area contributed by atoms with Gasteiger partial charge in [0, 0.05) is 19.6 Å². The van der Waals surface area contributed by atoms with Crippen molar-refractivity contribution in [2.45, 2.75) is 59.3 Å². The molecule has 15 heavy (non-hydrogen) atoms. The molecule has 1 N–H and O–H groups in total. The number of carboxylic acid groups (broad SMARTS) is 1. The van der Waals surface area contributed by atoms with Crippen molar-refractivity contribution in [1.29, 1.82) is 0 Å². The van der Waals surface area contributed by atoms with Gasteiger partial charge in [-0.25, -0.2) is 0 Å². The predicted molar refractivity (Wildman–Crippen MR) is 63.2 cm³/mol. The summed E-state index contributed by atoms with van der Waals surface area (Å²) < 4.78 is 4.83. The minimum atomic E-state index is -0.670. The number of aliphatic carboxylic acids is 1. The molecule has 0 amide bonds. The Kier molecular flexibility index (Phi) is 17.8. The summed E-state index contributed by atoms with van der Waals surface area (Å²) in [5.74, 6) is -0.670. The highest BCUT2D eigenvalue weighted by Crippen LogP contribution is 2.04. The third-order valence-electron chi connectivity index (χ3n) is 1.90. The fourth-order valence-corrected chi connectivity index (χ4v) is 1.08. The van der Waals surface area contributed by atoms with E-state index in [0.29, 0.717) is 6.42 Å². The first-order valence-corrected chi connectivity index (χ1v) is 5.98. The van der Waals surface area contributed by atoms with Crippen LogP contribution in [0.1, 0.15) is 59.3 Å². The van der Waals surface area contributed by atoms with Crippen molar-refractivity contribution in [2.24, 2.45) is 0 Å². The van der Waals surface area contributed by atoms with Crippen LogP contribution in [-0.4, -0.2) is 24.3 Å². The lowest BCUT2D eigenvalue weighted by molar-refractivity contribution is -0.137. The van der Waals surface area contributed by atoms with E-state index in [2.05, 4.69) is 6.92 Å². The normalized spacial score (nSPS) is 9.27. The van der Waals surface area contributed by atoms with Crippen molar-refractivity contribution in [3.05, 3.63) is 0 Å². The van der Waals surface area contributed by atoms with Crippen molar-refractivity contribution in [3.63, 3.8) is 0 Å². The Balaban J connectivity index is 0. The average molecular weight is 218 g/mol. The maximum Gasteiger partial charge on any atom is 0.303 e. The second kappa shape index (κ2) is 15.9. The molecule has 0 aliphatic rings. The zero-order valence-electron chi connectivity index (χ0n) is 10.4. The molecule has 3 heteroatoms. The summed E-state index contributed by atoms with van der Waals surface area (Å²) in [7, 11) is 0. The Morgan fingerprint density at radius 2 is 1.53 bits per heavy atom. The van der Waals surface area contributed by atoms with E-state index in [4.69, 9.17) is 9.84 Å². The molecule has 0 spiro atoms. The van der Waals surface area contributed by atoms with Crippen LogP contribution in [0.5, 0.6) is 0 Å². The van der Waals surface area contributed by atoms with Gasteiger partial charge in [0.2, 0.25) is 0 Å². The second-order valence-corrected chi connectivity index (χ2v) is 3.34. The molecule has 0 heterocycles. The van der Waals surface area contributed by atoms with Crippen molar-refractivity contribution in [2.75, 3.05) is 13.2 Å². The molecular weight excluding hydrogens is 192 g/mol. The third-order valence-corrected chi connectivity index (χ3v) is 1.90. The largest absolute Gasteiger partial charge is 0.481 e. The first-order valence-electron chi connectivity index (χ1n) is 5.98. The first-order chi connectivity index (χ1) is 7.18. The maximum atomic E-state index is 10.0. The molecule has 0 aliphatic heterocycles. The van der Waals surface area contributed by atoms with E-state index in [1.54, 1.807) is 0 Å². The van der Waals surface area contributed by atoms with Crippen molar-refractivity contribution in [1.82, 2.24) is 0 Å². The van der Waals surface area contributed by atoms with Gasteiger partial charge in [-0.05, 0) is 20.3 Å². The fourth-order valence-electron chi connectivity index (χ4n) is 1.08. The summed E-state index contributed by atoms with van der Waals surface area (Å²) in [6.45, 7) is 7.82. The van der Waals surface area contributed by atoms with Crippen molar-refractivity contribution < 1.29 is 14.6 Å². The molecule has 92 valence electrons. The SMILES string of the molecule is CCCCCCCC(=O)O.CCOCC. The van der Waals surface area contributed by atoms with Crippen LogP contribution in [0.15, 0.2) is 0 Å². The molecule has 0 unspecified atom stereocenters. The Labute approximate surface area is 93.8 Å². The Hall–Kier alpha value is -0.570. The van der Waals surface area contributed by atoms with Gasteiger partial charge in [0.15, 0.2) is 0 Å². The zero-order valence-corrected chi connectivity index (χ0v) is 10.4. The van der Waals surface area contributed by atoms with E-state index < -0.39 is 5.97 Å². The van der Waals surface area contributed by atoms with E-state index in [1.165, 1.54) is 19.3 Å². The summed E-state index contributed by atoms with van der Waals surface area (Å²) in [6.07, 6.45) is 5.88. The number of carboxylic acids is 1. The second-order valence-electron chi connectivity index (χ2n) is 3.34. The van der Waals surface area contributed by atoms with Crippen molar-refractivity contribution >= 4 is 5.97 Å². The van der Waals surface area contributed by atoms with Crippen LogP contribution in [-0.2, 0) is 9.53 Å². The molecule has 0 aromatic rings. The quantitative estimate of drug-likeness (QED) is 0.634. The number of unbranched alkanes of at least 4 members (excludes halogenated alkanes) is 4. The van der Waals surface area contributed by atoms with Gasteiger partial charge in [-0.15, -0.1) is 0 Å². The van der Waals surface area contributed by atoms with Gasteiger partial charge in [0.1, 0.15) is 0 Å². The number of rotatable bonds is 8. The molecule has 0 rings (SSSR count). The molecule has 0 aliphatic carbocycles. The standard InChI is InChI=1S/C8H16O2.C4H10O/c1-2-3-4-5-6-7-8(9)10;1-3-5-4-2/h2-7H2,1H3,(H,9,10);3-4H2,1-2H3. The van der Waals surface area contributed by atoms with E-state index in [1.807, 2.05) is 13.8 Å². The van der Waals surface area contributed by atoms with Gasteiger partial charge in [-0.1, -0.05) is 32.6 Å². The van der Waals surface area contributed by atoms with Crippen LogP contribution >= 0.6 is 0 Å². The summed E-state index contributed by atoms with van der Waals surface area (Å²) in [5.41, 5.74) is 0. The summed E-state index contributed by atoms with van der Waals surface area (Å²) in [6, 6.07) is 0. The highest BCUT2D eigenvalue weighted by atomic mass is 16.5. The molecule has 0 aromatic heterocycles. The van der Waals surface area contributed by atoms with Gasteiger partial charge in [0.05, 0.1) is 0 Å². The van der Waals surface area contributed by atoms with Gasteiger partial charge < -0.3 is 9.84 Å². The molecule has 0 atom stereocenters. The molecule has 3 nitrogen and oxygen atoms in total. The monoisotopic (exact) mass is 218 g/mol. The van der Waals surface area contributed by atoms with E-state index in [9.17, 15) is 4.79 Å². The minimum Gasteiger partial charge on any atom is -0.481 e. The van der Waals surface area contributed by atoms with Crippen molar-refractivity contribution in [3.8, 4) is 0 Å². The van der Waals surface area contributed by atoms with E-state index >= 15 is 0 Å². The van der Waals surface area contributed by atoms with Crippen LogP contribution in [0.4, 0.5) is 0 Å². The lowest BCUT2D eigenvalue weighted by Crippen LogP contribution is -1.93. The number of hydrogen-bond donors (Lipinski definition) is 1. The van der Waals surface area contributed by atoms with E-state index in [-0.39, 0.29) is 0 Å². The van der Waals surface area contributed by atoms with Crippen LogP contribution in [0.2, 0.25) is 0 Å². The van der Waals surface area contributed by atoms with E-state index in [0.717, 1.165) is 26.1 Å². The number of hydrogen-bond acceptors (Lipinski definition) is 2. The topological polar surface area (TPSA) is 46.5 Å². The van der Waals surface area contributed by atoms with Crippen LogP contribution in [0, 0.1) is 0 Å². The molecule has 0 bridgehead atoms. The molecular formula is C12H26O3. The lowest BCUT2D eigenvalue weighted by Gasteiger charge is -1.95. The fraction of sp³-hybridized carbons (Fsp3) is 0.917. The zero-order chi connectivity index (χ0) is 11.9.